The van der Waals surface area contributed by atoms with E-state index < -0.39 is 0 Å². The van der Waals surface area contributed by atoms with Crippen LogP contribution in [0.1, 0.15) is 11.1 Å². The van der Waals surface area contributed by atoms with Gasteiger partial charge in [0.2, 0.25) is 0 Å². The summed E-state index contributed by atoms with van der Waals surface area (Å²) in [5.41, 5.74) is 18.2. The average Bonchev–Trinajstić information content (AvgIpc) is 1.06. The highest BCUT2D eigenvalue weighted by Crippen LogP contribution is 2.44. The fourth-order valence-electron chi connectivity index (χ4n) is 14.8. The lowest BCUT2D eigenvalue weighted by Crippen LogP contribution is -1.89. The van der Waals surface area contributed by atoms with Gasteiger partial charge in [0.15, 0.2) is 0 Å². The van der Waals surface area contributed by atoms with E-state index in [4.69, 9.17) is 13.8 Å². The van der Waals surface area contributed by atoms with Gasteiger partial charge in [0, 0.05) is 38.9 Å². The standard InChI is InChI=1S/C45H25NO.C44H24N2O/c46-26-27-8-16-42-40(18-27)41-25-33(15-17-43(41)47-42)30-6-3-7-31(20-30)38-21-34-11-13-36-23-39(24-37-14-12-35(22-38)44(34)45(36)37)32-10-9-28-4-1-2-5-29(28)19-32;45-24-26-8-16-41-38(18-26)39-23-28(14-17-42(39)47-41)33-13-15-40(46-25-33)35-21-31-11-9-29-19-34(20-30-10-12-32(22-35)44(31)43(29)30)37-7-3-5-27-4-1-2-6-36(27)37/h1-25H;1-23,25H. The summed E-state index contributed by atoms with van der Waals surface area (Å²) in [7, 11) is 0. The van der Waals surface area contributed by atoms with Gasteiger partial charge < -0.3 is 8.83 Å². The molecule has 0 atom stereocenters. The molecule has 0 unspecified atom stereocenters. The van der Waals surface area contributed by atoms with E-state index in [1.165, 1.54) is 120 Å². The predicted molar refractivity (Wildman–Crippen MR) is 390 cm³/mol. The van der Waals surface area contributed by atoms with E-state index in [9.17, 15) is 10.5 Å². The SMILES string of the molecule is N#Cc1ccc2oc3ccc(-c4ccc(-c5cc6ccc7cc(-c8cccc9ccccc89)cc8ccc(c5)c6c78)nc4)cc3c2c1.N#Cc1ccc2oc3ccc(-c4cccc(-c5cc6ccc7cc(-c8ccc9ccccc9c8)cc8ccc(c5)c6c78)c4)cc3c2c1. The largest absolute Gasteiger partial charge is 0.456 e. The Morgan fingerprint density at radius 3 is 1.13 bits per heavy atom. The number of fused-ring (bicyclic) bond motifs is 8. The second-order valence-corrected chi connectivity index (χ2v) is 24.8. The lowest BCUT2D eigenvalue weighted by Gasteiger charge is -2.15. The molecule has 0 fully saturated rings. The molecule has 0 saturated heterocycles. The van der Waals surface area contributed by atoms with Crippen molar-refractivity contribution in [3.63, 3.8) is 0 Å². The normalized spacial score (nSPS) is 11.8. The number of pyridine rings is 1. The van der Waals surface area contributed by atoms with Crippen molar-refractivity contribution in [3.05, 3.63) is 309 Å². The third-order valence-electron chi connectivity index (χ3n) is 19.4. The summed E-state index contributed by atoms with van der Waals surface area (Å²) >= 11 is 0. The van der Waals surface area contributed by atoms with E-state index in [-0.39, 0.29) is 0 Å². The van der Waals surface area contributed by atoms with Crippen molar-refractivity contribution < 1.29 is 8.83 Å². The van der Waals surface area contributed by atoms with Gasteiger partial charge in [0.05, 0.1) is 29.0 Å². The zero-order valence-corrected chi connectivity index (χ0v) is 50.4. The molecule has 5 nitrogen and oxygen atoms in total. The molecule has 3 heterocycles. The summed E-state index contributed by atoms with van der Waals surface area (Å²) in [6, 6.07) is 108. The van der Waals surface area contributed by atoms with Crippen molar-refractivity contribution in [2.45, 2.75) is 0 Å². The summed E-state index contributed by atoms with van der Waals surface area (Å²) in [6.45, 7) is 0. The van der Waals surface area contributed by atoms with Crippen LogP contribution in [-0.4, -0.2) is 4.98 Å². The van der Waals surface area contributed by atoms with E-state index in [1.54, 1.807) is 12.1 Å². The molecular weight excluding hydrogens is 1140 g/mol. The van der Waals surface area contributed by atoms with Gasteiger partial charge in [-0.25, -0.2) is 0 Å². The van der Waals surface area contributed by atoms with Gasteiger partial charge in [-0.3, -0.25) is 4.98 Å². The van der Waals surface area contributed by atoms with Gasteiger partial charge in [-0.2, -0.15) is 10.5 Å². The molecule has 3 aromatic heterocycles. The number of nitrogens with zero attached hydrogens (tertiary/aromatic N) is 3. The van der Waals surface area contributed by atoms with Gasteiger partial charge in [-0.1, -0.05) is 164 Å². The Hall–Kier alpha value is -12.9. The number of rotatable bonds is 6. The second-order valence-electron chi connectivity index (χ2n) is 24.8. The highest BCUT2D eigenvalue weighted by atomic mass is 16.3. The highest BCUT2D eigenvalue weighted by molar-refractivity contribution is 6.26. The summed E-state index contributed by atoms with van der Waals surface area (Å²) in [4.78, 5) is 4.92. The maximum atomic E-state index is 9.43. The molecule has 0 spiro atoms. The van der Waals surface area contributed by atoms with Crippen molar-refractivity contribution in [2.75, 3.05) is 0 Å². The minimum atomic E-state index is 0.621. The first-order valence-corrected chi connectivity index (χ1v) is 31.6. The van der Waals surface area contributed by atoms with Crippen LogP contribution in [0, 0.1) is 22.7 Å². The Labute approximate surface area is 538 Å². The number of furan rings is 2. The monoisotopic (exact) mass is 1190 g/mol. The zero-order chi connectivity index (χ0) is 62.1. The molecule has 0 aliphatic rings. The molecule has 0 bridgehead atoms. The quantitative estimate of drug-likeness (QED) is 0.155. The average molecular weight is 1190 g/mol. The molecule has 0 saturated carbocycles. The van der Waals surface area contributed by atoms with Crippen LogP contribution in [0.5, 0.6) is 0 Å². The van der Waals surface area contributed by atoms with Crippen molar-refractivity contribution in [1.82, 2.24) is 4.98 Å². The smallest absolute Gasteiger partial charge is 0.135 e. The maximum absolute atomic E-state index is 9.43. The van der Waals surface area contributed by atoms with Crippen molar-refractivity contribution in [2.24, 2.45) is 0 Å². The molecule has 94 heavy (non-hydrogen) atoms. The fraction of sp³-hybridized carbons (Fsp3) is 0. The van der Waals surface area contributed by atoms with E-state index in [0.29, 0.717) is 11.1 Å². The van der Waals surface area contributed by atoms with E-state index >= 15 is 0 Å². The van der Waals surface area contributed by atoms with Gasteiger partial charge >= 0.3 is 0 Å². The Morgan fingerprint density at radius 2 is 0.606 bits per heavy atom. The lowest BCUT2D eigenvalue weighted by atomic mass is 9.89. The predicted octanol–water partition coefficient (Wildman–Crippen LogP) is 24.4. The van der Waals surface area contributed by atoms with Gasteiger partial charge in [0.25, 0.3) is 0 Å². The highest BCUT2D eigenvalue weighted by Gasteiger charge is 2.18. The molecule has 0 aliphatic carbocycles. The number of benzene rings is 17. The molecule has 0 aliphatic heterocycles. The van der Waals surface area contributed by atoms with Crippen molar-refractivity contribution >= 4 is 130 Å². The molecule has 432 valence electrons. The van der Waals surface area contributed by atoms with Gasteiger partial charge in [-0.05, 0) is 264 Å². The first-order chi connectivity index (χ1) is 46.4. The first-order valence-electron chi connectivity index (χ1n) is 31.6. The Morgan fingerprint density at radius 1 is 0.234 bits per heavy atom. The third kappa shape index (κ3) is 8.65. The van der Waals surface area contributed by atoms with Crippen molar-refractivity contribution in [3.8, 4) is 79.0 Å². The summed E-state index contributed by atoms with van der Waals surface area (Å²) in [5, 5.41) is 43.0. The van der Waals surface area contributed by atoms with E-state index in [2.05, 4.69) is 255 Å². The van der Waals surface area contributed by atoms with Crippen LogP contribution >= 0.6 is 0 Å². The third-order valence-corrected chi connectivity index (χ3v) is 19.4. The van der Waals surface area contributed by atoms with Crippen LogP contribution in [0.2, 0.25) is 0 Å². The van der Waals surface area contributed by atoms with E-state index in [0.717, 1.165) is 77.4 Å². The number of aromatic nitrogens is 1. The second kappa shape index (κ2) is 20.8. The number of hydrogen-bond acceptors (Lipinski definition) is 5. The van der Waals surface area contributed by atoms with Crippen LogP contribution < -0.4 is 0 Å². The molecule has 0 amide bonds. The van der Waals surface area contributed by atoms with Crippen LogP contribution in [0.4, 0.5) is 0 Å². The molecule has 0 N–H and O–H groups in total. The van der Waals surface area contributed by atoms with Crippen LogP contribution in [0.15, 0.2) is 306 Å². The molecule has 17 aromatic carbocycles. The van der Waals surface area contributed by atoms with E-state index in [1.807, 2.05) is 42.6 Å². The van der Waals surface area contributed by atoms with Gasteiger partial charge in [-0.15, -0.1) is 0 Å². The lowest BCUT2D eigenvalue weighted by molar-refractivity contribution is 0.668. The molecule has 0 radical (unpaired) electrons. The van der Waals surface area contributed by atoms with Crippen LogP contribution in [-0.2, 0) is 0 Å². The van der Waals surface area contributed by atoms with Crippen LogP contribution in [0.3, 0.4) is 0 Å². The van der Waals surface area contributed by atoms with Gasteiger partial charge in [0.1, 0.15) is 22.3 Å². The Kier molecular flexibility index (Phi) is 11.7. The zero-order valence-electron chi connectivity index (χ0n) is 50.4. The Bertz CT molecular complexity index is 6490. The van der Waals surface area contributed by atoms with Crippen LogP contribution in [0.25, 0.3) is 197 Å². The minimum Gasteiger partial charge on any atom is -0.456 e. The summed E-state index contributed by atoms with van der Waals surface area (Å²) in [6.07, 6.45) is 1.94. The number of hydrogen-bond donors (Lipinski definition) is 0. The summed E-state index contributed by atoms with van der Waals surface area (Å²) < 4.78 is 12.1. The van der Waals surface area contributed by atoms with Crippen molar-refractivity contribution in [1.29, 1.82) is 10.5 Å². The summed E-state index contributed by atoms with van der Waals surface area (Å²) in [5.74, 6) is 0. The number of nitriles is 2. The maximum Gasteiger partial charge on any atom is 0.135 e. The topological polar surface area (TPSA) is 86.8 Å². The first kappa shape index (κ1) is 53.0. The minimum absolute atomic E-state index is 0.621. The molecular formula is C89H49N3O2. The molecule has 5 heteroatoms. The fourth-order valence-corrected chi connectivity index (χ4v) is 14.8. The molecule has 20 rings (SSSR count). The Balaban J connectivity index is 0.000000133. The molecule has 20 aromatic rings.